The zero-order chi connectivity index (χ0) is 16.9. The molecule has 1 aromatic heterocycles. The van der Waals surface area contributed by atoms with Gasteiger partial charge >= 0.3 is 0 Å². The maximum Gasteiger partial charge on any atom is 0.289 e. The lowest BCUT2D eigenvalue weighted by molar-refractivity contribution is 0.0717. The van der Waals surface area contributed by atoms with Gasteiger partial charge in [0, 0.05) is 23.5 Å². The summed E-state index contributed by atoms with van der Waals surface area (Å²) in [5.74, 6) is 0.0163. The quantitative estimate of drug-likeness (QED) is 0.680. The lowest BCUT2D eigenvalue weighted by Gasteiger charge is -2.20. The molecule has 2 aromatic carbocycles. The Balaban J connectivity index is 1.87. The highest BCUT2D eigenvalue weighted by atomic mass is 35.5. The van der Waals surface area contributed by atoms with Crippen LogP contribution in [-0.2, 0) is 6.54 Å². The first kappa shape index (κ1) is 16.1. The molecular formula is C19H15ClN2O2. The highest BCUT2D eigenvalue weighted by Gasteiger charge is 2.20. The maximum absolute atomic E-state index is 12.8. The Labute approximate surface area is 144 Å². The summed E-state index contributed by atoms with van der Waals surface area (Å²) in [6.07, 6.45) is 0.268. The zero-order valence-electron chi connectivity index (χ0n) is 12.9. The van der Waals surface area contributed by atoms with Gasteiger partial charge in [-0.25, -0.2) is 0 Å². The number of carbonyl (C=O) groups is 1. The fourth-order valence-corrected chi connectivity index (χ4v) is 2.70. The first-order valence-corrected chi connectivity index (χ1v) is 7.94. The molecule has 0 atom stereocenters. The van der Waals surface area contributed by atoms with Crippen molar-refractivity contribution in [3.8, 4) is 6.07 Å². The summed E-state index contributed by atoms with van der Waals surface area (Å²) < 4.78 is 5.65. The third-order valence-electron chi connectivity index (χ3n) is 3.69. The van der Waals surface area contributed by atoms with Crippen LogP contribution in [0, 0.1) is 11.3 Å². The minimum Gasteiger partial charge on any atom is -0.451 e. The lowest BCUT2D eigenvalue weighted by atomic mass is 10.2. The molecule has 0 aliphatic heterocycles. The Kier molecular flexibility index (Phi) is 4.83. The summed E-state index contributed by atoms with van der Waals surface area (Å²) in [4.78, 5) is 14.4. The Bertz CT molecular complexity index is 897. The smallest absolute Gasteiger partial charge is 0.289 e. The predicted molar refractivity (Wildman–Crippen MR) is 92.6 cm³/mol. The Morgan fingerprint density at radius 3 is 2.71 bits per heavy atom. The average molecular weight is 339 g/mol. The van der Waals surface area contributed by atoms with Gasteiger partial charge in [-0.2, -0.15) is 5.26 Å². The van der Waals surface area contributed by atoms with Gasteiger partial charge in [0.25, 0.3) is 5.91 Å². The topological polar surface area (TPSA) is 57.2 Å². The summed E-state index contributed by atoms with van der Waals surface area (Å²) in [5, 5.41) is 10.2. The van der Waals surface area contributed by atoms with E-state index >= 15 is 0 Å². The molecule has 0 fully saturated rings. The molecule has 0 unspecified atom stereocenters. The number of benzene rings is 2. The van der Waals surface area contributed by atoms with Crippen molar-refractivity contribution in [1.29, 1.82) is 5.26 Å². The van der Waals surface area contributed by atoms with E-state index in [0.29, 0.717) is 23.7 Å². The van der Waals surface area contributed by atoms with Crippen LogP contribution >= 0.6 is 11.6 Å². The SMILES string of the molecule is N#CCCN(Cc1ccccc1)C(=O)c1cc2cc(Cl)ccc2o1. The van der Waals surface area contributed by atoms with Gasteiger partial charge < -0.3 is 9.32 Å². The van der Waals surface area contributed by atoms with E-state index in [4.69, 9.17) is 21.3 Å². The maximum atomic E-state index is 12.8. The fourth-order valence-electron chi connectivity index (χ4n) is 2.52. The standard InChI is InChI=1S/C19H15ClN2O2/c20-16-7-8-17-15(11-16)12-18(24-17)19(23)22(10-4-9-21)13-14-5-2-1-3-6-14/h1-3,5-8,11-12H,4,10,13H2. The van der Waals surface area contributed by atoms with E-state index in [1.54, 1.807) is 29.2 Å². The molecule has 0 spiro atoms. The molecule has 0 bridgehead atoms. The Morgan fingerprint density at radius 2 is 1.96 bits per heavy atom. The average Bonchev–Trinajstić information content (AvgIpc) is 3.02. The molecule has 0 aliphatic rings. The summed E-state index contributed by atoms with van der Waals surface area (Å²) in [7, 11) is 0. The predicted octanol–water partition coefficient (Wildman–Crippen LogP) is 4.64. The summed E-state index contributed by atoms with van der Waals surface area (Å²) in [6.45, 7) is 0.779. The zero-order valence-corrected chi connectivity index (χ0v) is 13.7. The molecule has 3 rings (SSSR count). The van der Waals surface area contributed by atoms with E-state index in [9.17, 15) is 4.79 Å². The molecule has 1 heterocycles. The van der Waals surface area contributed by atoms with Crippen LogP contribution in [0.3, 0.4) is 0 Å². The molecule has 24 heavy (non-hydrogen) atoms. The molecule has 0 aliphatic carbocycles. The van der Waals surface area contributed by atoms with Crippen molar-refractivity contribution in [2.24, 2.45) is 0 Å². The fraction of sp³-hybridized carbons (Fsp3) is 0.158. The number of nitrogens with zero attached hydrogens (tertiary/aromatic N) is 2. The van der Waals surface area contributed by atoms with Gasteiger partial charge in [0.15, 0.2) is 5.76 Å². The van der Waals surface area contributed by atoms with Gasteiger partial charge in [0.05, 0.1) is 12.5 Å². The molecule has 5 heteroatoms. The number of rotatable bonds is 5. The van der Waals surface area contributed by atoms with E-state index in [-0.39, 0.29) is 18.1 Å². The van der Waals surface area contributed by atoms with Gasteiger partial charge in [0.2, 0.25) is 0 Å². The van der Waals surface area contributed by atoms with Crippen LogP contribution < -0.4 is 0 Å². The number of halogens is 1. The van der Waals surface area contributed by atoms with E-state index in [2.05, 4.69) is 6.07 Å². The Hall–Kier alpha value is -2.77. The van der Waals surface area contributed by atoms with Crippen molar-refractivity contribution in [2.75, 3.05) is 6.54 Å². The molecule has 1 amide bonds. The molecule has 0 saturated carbocycles. The first-order chi connectivity index (χ1) is 11.7. The molecule has 120 valence electrons. The number of nitriles is 1. The third-order valence-corrected chi connectivity index (χ3v) is 3.92. The number of hydrogen-bond acceptors (Lipinski definition) is 3. The number of furan rings is 1. The number of hydrogen-bond donors (Lipinski definition) is 0. The molecule has 4 nitrogen and oxygen atoms in total. The number of carbonyl (C=O) groups excluding carboxylic acids is 1. The van der Waals surface area contributed by atoms with Crippen LogP contribution in [0.2, 0.25) is 5.02 Å². The normalized spacial score (nSPS) is 10.5. The van der Waals surface area contributed by atoms with Crippen molar-refractivity contribution in [3.63, 3.8) is 0 Å². The highest BCUT2D eigenvalue weighted by molar-refractivity contribution is 6.31. The van der Waals surface area contributed by atoms with Crippen LogP contribution in [0.25, 0.3) is 11.0 Å². The highest BCUT2D eigenvalue weighted by Crippen LogP contribution is 2.24. The number of fused-ring (bicyclic) bond motifs is 1. The minimum atomic E-state index is -0.235. The molecule has 0 N–H and O–H groups in total. The van der Waals surface area contributed by atoms with Crippen LogP contribution in [0.4, 0.5) is 0 Å². The molecule has 0 radical (unpaired) electrons. The van der Waals surface area contributed by atoms with Gasteiger partial charge in [-0.3, -0.25) is 4.79 Å². The van der Waals surface area contributed by atoms with E-state index in [1.807, 2.05) is 30.3 Å². The molecule has 3 aromatic rings. The Morgan fingerprint density at radius 1 is 1.17 bits per heavy atom. The first-order valence-electron chi connectivity index (χ1n) is 7.56. The van der Waals surface area contributed by atoms with Crippen LogP contribution in [-0.4, -0.2) is 17.4 Å². The van der Waals surface area contributed by atoms with Crippen molar-refractivity contribution >= 4 is 28.5 Å². The van der Waals surface area contributed by atoms with Crippen molar-refractivity contribution in [1.82, 2.24) is 4.90 Å². The van der Waals surface area contributed by atoms with Crippen molar-refractivity contribution in [2.45, 2.75) is 13.0 Å². The van der Waals surface area contributed by atoms with Gasteiger partial charge in [-0.15, -0.1) is 0 Å². The van der Waals surface area contributed by atoms with E-state index in [1.165, 1.54) is 0 Å². The second kappa shape index (κ2) is 7.20. The monoisotopic (exact) mass is 338 g/mol. The second-order valence-corrected chi connectivity index (χ2v) is 5.85. The third kappa shape index (κ3) is 3.58. The summed E-state index contributed by atoms with van der Waals surface area (Å²) in [6, 6.07) is 18.7. The second-order valence-electron chi connectivity index (χ2n) is 5.41. The summed E-state index contributed by atoms with van der Waals surface area (Å²) in [5.41, 5.74) is 1.62. The van der Waals surface area contributed by atoms with E-state index < -0.39 is 0 Å². The van der Waals surface area contributed by atoms with Gasteiger partial charge in [-0.1, -0.05) is 41.9 Å². The molecular weight excluding hydrogens is 324 g/mol. The van der Waals surface area contributed by atoms with Crippen LogP contribution in [0.15, 0.2) is 59.0 Å². The van der Waals surface area contributed by atoms with Crippen molar-refractivity contribution in [3.05, 3.63) is 70.9 Å². The van der Waals surface area contributed by atoms with Gasteiger partial charge in [0.1, 0.15) is 5.58 Å². The number of amides is 1. The van der Waals surface area contributed by atoms with Crippen molar-refractivity contribution < 1.29 is 9.21 Å². The lowest BCUT2D eigenvalue weighted by Crippen LogP contribution is -2.31. The van der Waals surface area contributed by atoms with Crippen LogP contribution in [0.5, 0.6) is 0 Å². The van der Waals surface area contributed by atoms with E-state index in [0.717, 1.165) is 10.9 Å². The minimum absolute atomic E-state index is 0.235. The molecule has 0 saturated heterocycles. The van der Waals surface area contributed by atoms with Gasteiger partial charge in [-0.05, 0) is 29.8 Å². The summed E-state index contributed by atoms with van der Waals surface area (Å²) >= 11 is 5.97. The largest absolute Gasteiger partial charge is 0.451 e. The van der Waals surface area contributed by atoms with Crippen LogP contribution in [0.1, 0.15) is 22.5 Å².